The first-order valence-electron chi connectivity index (χ1n) is 5.19. The van der Waals surface area contributed by atoms with Gasteiger partial charge in [-0.15, -0.1) is 0 Å². The van der Waals surface area contributed by atoms with Crippen LogP contribution in [0.2, 0.25) is 0 Å². The number of nitrogens with two attached hydrogens (primary N) is 1. The van der Waals surface area contributed by atoms with E-state index in [-0.39, 0.29) is 12.5 Å². The van der Waals surface area contributed by atoms with Crippen LogP contribution < -0.4 is 5.73 Å². The van der Waals surface area contributed by atoms with Crippen LogP contribution in [0.5, 0.6) is 0 Å². The third-order valence-electron chi connectivity index (χ3n) is 1.92. The molecule has 0 fully saturated rings. The van der Waals surface area contributed by atoms with Gasteiger partial charge in [-0.2, -0.15) is 0 Å². The Balaban J connectivity index is 2.88. The quantitative estimate of drug-likeness (QED) is 0.487. The van der Waals surface area contributed by atoms with Crippen molar-refractivity contribution in [2.75, 3.05) is 18.5 Å². The summed E-state index contributed by atoms with van der Waals surface area (Å²) in [7, 11) is 0. The van der Waals surface area contributed by atoms with Crippen LogP contribution in [0, 0.1) is 0 Å². The number of ether oxygens (including phenoxy) is 1. The normalized spacial score (nSPS) is 10.4. The largest absolute Gasteiger partial charge is 0.372 e. The molecule has 14 heavy (non-hydrogen) atoms. The van der Waals surface area contributed by atoms with E-state index >= 15 is 0 Å². The lowest BCUT2D eigenvalue weighted by Gasteiger charge is -2.01. The van der Waals surface area contributed by atoms with E-state index in [2.05, 4.69) is 15.9 Å². The summed E-state index contributed by atoms with van der Waals surface area (Å²) < 4.78 is 5.04. The summed E-state index contributed by atoms with van der Waals surface area (Å²) in [4.78, 5) is 10.3. The minimum atomic E-state index is -0.387. The van der Waals surface area contributed by atoms with Crippen LogP contribution in [0.3, 0.4) is 0 Å². The molecule has 0 aromatic carbocycles. The number of primary amides is 1. The highest BCUT2D eigenvalue weighted by atomic mass is 79.9. The van der Waals surface area contributed by atoms with Gasteiger partial charge in [-0.3, -0.25) is 4.79 Å². The average molecular weight is 266 g/mol. The van der Waals surface area contributed by atoms with Gasteiger partial charge in [-0.1, -0.05) is 41.6 Å². The number of rotatable bonds is 10. The monoisotopic (exact) mass is 265 g/mol. The molecule has 0 aromatic heterocycles. The second-order valence-electron chi connectivity index (χ2n) is 3.33. The first kappa shape index (κ1) is 13.9. The standard InChI is InChI=1S/C10H20BrNO2/c11-7-5-3-1-2-4-6-8-14-9-10(12)13/h1-9H2,(H2,12,13). The Labute approximate surface area is 94.5 Å². The van der Waals surface area contributed by atoms with Gasteiger partial charge in [0.25, 0.3) is 0 Å². The van der Waals surface area contributed by atoms with Gasteiger partial charge in [-0.25, -0.2) is 0 Å². The second kappa shape index (κ2) is 11.0. The molecule has 0 heterocycles. The Morgan fingerprint density at radius 3 is 2.21 bits per heavy atom. The predicted octanol–water partition coefficient (Wildman–Crippen LogP) is 2.22. The van der Waals surface area contributed by atoms with Crippen molar-refractivity contribution in [1.29, 1.82) is 0 Å². The molecule has 0 aliphatic carbocycles. The van der Waals surface area contributed by atoms with Crippen LogP contribution in [-0.2, 0) is 9.53 Å². The van der Waals surface area contributed by atoms with Gasteiger partial charge in [0.1, 0.15) is 6.61 Å². The number of alkyl halides is 1. The van der Waals surface area contributed by atoms with Gasteiger partial charge in [0, 0.05) is 11.9 Å². The van der Waals surface area contributed by atoms with Gasteiger partial charge >= 0.3 is 0 Å². The van der Waals surface area contributed by atoms with Crippen LogP contribution in [0.15, 0.2) is 0 Å². The van der Waals surface area contributed by atoms with E-state index in [4.69, 9.17) is 10.5 Å². The summed E-state index contributed by atoms with van der Waals surface area (Å²) >= 11 is 3.40. The van der Waals surface area contributed by atoms with Crippen molar-refractivity contribution >= 4 is 21.8 Å². The Bertz CT molecular complexity index is 142. The summed E-state index contributed by atoms with van der Waals surface area (Å²) in [6.07, 6.45) is 7.32. The smallest absolute Gasteiger partial charge is 0.243 e. The lowest BCUT2D eigenvalue weighted by Crippen LogP contribution is -2.18. The van der Waals surface area contributed by atoms with Crippen molar-refractivity contribution in [2.45, 2.75) is 38.5 Å². The van der Waals surface area contributed by atoms with Crippen molar-refractivity contribution in [3.63, 3.8) is 0 Å². The molecule has 3 nitrogen and oxygen atoms in total. The Morgan fingerprint density at radius 1 is 1.07 bits per heavy atom. The molecule has 0 saturated carbocycles. The third kappa shape index (κ3) is 11.9. The molecule has 84 valence electrons. The summed E-state index contributed by atoms with van der Waals surface area (Å²) in [5.41, 5.74) is 4.92. The molecule has 0 rings (SSSR count). The number of halogens is 1. The Morgan fingerprint density at radius 2 is 1.64 bits per heavy atom. The molecule has 0 saturated heterocycles. The number of unbranched alkanes of at least 4 members (excludes halogenated alkanes) is 5. The first-order chi connectivity index (χ1) is 6.77. The first-order valence-corrected chi connectivity index (χ1v) is 6.31. The van der Waals surface area contributed by atoms with Gasteiger partial charge in [0.05, 0.1) is 0 Å². The van der Waals surface area contributed by atoms with Crippen LogP contribution in [0.1, 0.15) is 38.5 Å². The minimum Gasteiger partial charge on any atom is -0.372 e. The predicted molar refractivity (Wildman–Crippen MR) is 61.5 cm³/mol. The van der Waals surface area contributed by atoms with E-state index < -0.39 is 0 Å². The van der Waals surface area contributed by atoms with Gasteiger partial charge in [0.15, 0.2) is 0 Å². The van der Waals surface area contributed by atoms with Crippen molar-refractivity contribution < 1.29 is 9.53 Å². The molecule has 1 amide bonds. The summed E-state index contributed by atoms with van der Waals surface area (Å²) in [6.45, 7) is 0.713. The van der Waals surface area contributed by atoms with E-state index in [1.54, 1.807) is 0 Å². The van der Waals surface area contributed by atoms with Crippen molar-refractivity contribution in [1.82, 2.24) is 0 Å². The maximum atomic E-state index is 10.3. The number of amides is 1. The summed E-state index contributed by atoms with van der Waals surface area (Å²) in [6, 6.07) is 0. The number of hydrogen-bond donors (Lipinski definition) is 1. The highest BCUT2D eigenvalue weighted by molar-refractivity contribution is 9.09. The van der Waals surface area contributed by atoms with E-state index in [1.165, 1.54) is 32.1 Å². The van der Waals surface area contributed by atoms with Gasteiger partial charge < -0.3 is 10.5 Å². The Kier molecular flexibility index (Phi) is 10.9. The van der Waals surface area contributed by atoms with Crippen molar-refractivity contribution in [3.8, 4) is 0 Å². The zero-order valence-electron chi connectivity index (χ0n) is 8.64. The van der Waals surface area contributed by atoms with Crippen LogP contribution in [0.25, 0.3) is 0 Å². The molecule has 2 N–H and O–H groups in total. The van der Waals surface area contributed by atoms with Gasteiger partial charge in [-0.05, 0) is 12.8 Å². The van der Waals surface area contributed by atoms with Crippen LogP contribution in [0.4, 0.5) is 0 Å². The fourth-order valence-corrected chi connectivity index (χ4v) is 1.57. The highest BCUT2D eigenvalue weighted by Crippen LogP contribution is 2.06. The maximum Gasteiger partial charge on any atom is 0.243 e. The van der Waals surface area contributed by atoms with E-state index in [1.807, 2.05) is 0 Å². The molecular weight excluding hydrogens is 246 g/mol. The molecule has 0 unspecified atom stereocenters. The van der Waals surface area contributed by atoms with Crippen molar-refractivity contribution in [3.05, 3.63) is 0 Å². The van der Waals surface area contributed by atoms with Crippen molar-refractivity contribution in [2.24, 2.45) is 5.73 Å². The lowest BCUT2D eigenvalue weighted by molar-refractivity contribution is -0.122. The molecule has 0 aliphatic heterocycles. The number of carbonyl (C=O) groups excluding carboxylic acids is 1. The number of carbonyl (C=O) groups is 1. The highest BCUT2D eigenvalue weighted by Gasteiger charge is 1.94. The zero-order chi connectivity index (χ0) is 10.6. The molecule has 0 bridgehead atoms. The minimum absolute atomic E-state index is 0.0591. The maximum absolute atomic E-state index is 10.3. The Hall–Kier alpha value is -0.0900. The van der Waals surface area contributed by atoms with Crippen LogP contribution >= 0.6 is 15.9 Å². The fourth-order valence-electron chi connectivity index (χ4n) is 1.18. The van der Waals surface area contributed by atoms with E-state index in [9.17, 15) is 4.79 Å². The topological polar surface area (TPSA) is 52.3 Å². The summed E-state index contributed by atoms with van der Waals surface area (Å²) in [5, 5.41) is 1.11. The SMILES string of the molecule is NC(=O)COCCCCCCCCBr. The fraction of sp³-hybridized carbons (Fsp3) is 0.900. The molecule has 0 spiro atoms. The lowest BCUT2D eigenvalue weighted by atomic mass is 10.1. The van der Waals surface area contributed by atoms with Gasteiger partial charge in [0.2, 0.25) is 5.91 Å². The molecule has 0 aromatic rings. The molecule has 4 heteroatoms. The molecule has 0 aliphatic rings. The van der Waals surface area contributed by atoms with E-state index in [0.29, 0.717) is 6.61 Å². The second-order valence-corrected chi connectivity index (χ2v) is 4.12. The third-order valence-corrected chi connectivity index (χ3v) is 2.48. The van der Waals surface area contributed by atoms with E-state index in [0.717, 1.165) is 11.8 Å². The molecular formula is C10H20BrNO2. The zero-order valence-corrected chi connectivity index (χ0v) is 10.2. The molecule has 0 radical (unpaired) electrons. The number of hydrogen-bond acceptors (Lipinski definition) is 2. The average Bonchev–Trinajstić information content (AvgIpc) is 2.15. The molecule has 0 atom stereocenters. The van der Waals surface area contributed by atoms with Crippen LogP contribution in [-0.4, -0.2) is 24.5 Å². The summed E-state index contributed by atoms with van der Waals surface area (Å²) in [5.74, 6) is -0.387.